The van der Waals surface area contributed by atoms with Crippen molar-refractivity contribution in [2.75, 3.05) is 6.61 Å². The number of esters is 1. The molecule has 0 spiro atoms. The number of pyridine rings is 1. The average molecular weight is 227 g/mol. The molecule has 0 bridgehead atoms. The van der Waals surface area contributed by atoms with E-state index in [4.69, 9.17) is 20.8 Å². The normalized spacial score (nSPS) is 10.5. The minimum absolute atomic E-state index is 0.110. The third kappa shape index (κ3) is 1.92. The summed E-state index contributed by atoms with van der Waals surface area (Å²) in [4.78, 5) is 19.0. The highest BCUT2D eigenvalue weighted by molar-refractivity contribution is 6.29. The van der Waals surface area contributed by atoms with Gasteiger partial charge in [0, 0.05) is 0 Å². The standard InChI is InChI=1S/C9H7ClN2O3/c1-2-14-9(13)8-12-7-5(15-8)3-4-6(10)11-7/h3-4H,2H2,1H3. The second-order valence-electron chi connectivity index (χ2n) is 2.70. The zero-order chi connectivity index (χ0) is 10.8. The highest BCUT2D eigenvalue weighted by atomic mass is 35.5. The SMILES string of the molecule is CCOC(=O)c1nc2nc(Cl)ccc2o1. The molecule has 0 saturated carbocycles. The number of aromatic nitrogens is 2. The van der Waals surface area contributed by atoms with Gasteiger partial charge in [0.15, 0.2) is 5.58 Å². The Bertz CT molecular complexity index is 509. The van der Waals surface area contributed by atoms with Gasteiger partial charge in [0.05, 0.1) is 6.61 Å². The molecule has 0 aliphatic carbocycles. The zero-order valence-corrected chi connectivity index (χ0v) is 8.61. The van der Waals surface area contributed by atoms with Crippen LogP contribution in [-0.2, 0) is 4.74 Å². The fourth-order valence-electron chi connectivity index (χ4n) is 1.08. The van der Waals surface area contributed by atoms with Crippen LogP contribution in [0, 0.1) is 0 Å². The Morgan fingerprint density at radius 1 is 1.53 bits per heavy atom. The van der Waals surface area contributed by atoms with Crippen molar-refractivity contribution in [3.05, 3.63) is 23.2 Å². The molecule has 0 fully saturated rings. The number of hydrogen-bond acceptors (Lipinski definition) is 5. The fourth-order valence-corrected chi connectivity index (χ4v) is 1.22. The van der Waals surface area contributed by atoms with E-state index in [0.29, 0.717) is 16.4 Å². The molecule has 0 aliphatic rings. The summed E-state index contributed by atoms with van der Waals surface area (Å²) in [7, 11) is 0. The van der Waals surface area contributed by atoms with Gasteiger partial charge in [0.2, 0.25) is 5.65 Å². The zero-order valence-electron chi connectivity index (χ0n) is 7.86. The summed E-state index contributed by atoms with van der Waals surface area (Å²) in [5.74, 6) is -0.715. The van der Waals surface area contributed by atoms with E-state index in [0.717, 1.165) is 0 Å². The third-order valence-electron chi connectivity index (χ3n) is 1.67. The molecule has 15 heavy (non-hydrogen) atoms. The highest BCUT2D eigenvalue weighted by Crippen LogP contribution is 2.16. The molecule has 0 unspecified atom stereocenters. The Morgan fingerprint density at radius 3 is 3.07 bits per heavy atom. The summed E-state index contributed by atoms with van der Waals surface area (Å²) in [5.41, 5.74) is 0.702. The fraction of sp³-hybridized carbons (Fsp3) is 0.222. The van der Waals surface area contributed by atoms with Crippen molar-refractivity contribution in [3.63, 3.8) is 0 Å². The van der Waals surface area contributed by atoms with E-state index in [-0.39, 0.29) is 12.5 Å². The molecular weight excluding hydrogens is 220 g/mol. The summed E-state index contributed by atoms with van der Waals surface area (Å²) < 4.78 is 9.86. The molecule has 0 N–H and O–H groups in total. The molecule has 0 aromatic carbocycles. The smallest absolute Gasteiger partial charge is 0.394 e. The third-order valence-corrected chi connectivity index (χ3v) is 1.88. The van der Waals surface area contributed by atoms with E-state index in [1.165, 1.54) is 0 Å². The lowest BCUT2D eigenvalue weighted by Crippen LogP contribution is -2.04. The second-order valence-corrected chi connectivity index (χ2v) is 3.08. The Hall–Kier alpha value is -1.62. The van der Waals surface area contributed by atoms with Gasteiger partial charge in [-0.3, -0.25) is 0 Å². The van der Waals surface area contributed by atoms with Crippen molar-refractivity contribution in [1.29, 1.82) is 0 Å². The Labute approximate surface area is 90.0 Å². The molecule has 2 rings (SSSR count). The summed E-state index contributed by atoms with van der Waals surface area (Å²) in [6.07, 6.45) is 0. The largest absolute Gasteiger partial charge is 0.459 e. The first-order valence-electron chi connectivity index (χ1n) is 4.31. The van der Waals surface area contributed by atoms with Crippen LogP contribution < -0.4 is 0 Å². The second kappa shape index (κ2) is 3.86. The van der Waals surface area contributed by atoms with Crippen LogP contribution in [0.2, 0.25) is 5.15 Å². The number of ether oxygens (including phenoxy) is 1. The van der Waals surface area contributed by atoms with E-state index in [2.05, 4.69) is 9.97 Å². The lowest BCUT2D eigenvalue weighted by molar-refractivity contribution is 0.0483. The van der Waals surface area contributed by atoms with Crippen LogP contribution in [-0.4, -0.2) is 22.5 Å². The number of fused-ring (bicyclic) bond motifs is 1. The number of oxazole rings is 1. The van der Waals surface area contributed by atoms with Gasteiger partial charge in [-0.1, -0.05) is 11.6 Å². The monoisotopic (exact) mass is 226 g/mol. The Morgan fingerprint density at radius 2 is 2.33 bits per heavy atom. The first kappa shape index (κ1) is 9.92. The van der Waals surface area contributed by atoms with Gasteiger partial charge >= 0.3 is 11.9 Å². The van der Waals surface area contributed by atoms with Crippen LogP contribution in [0.1, 0.15) is 17.6 Å². The van der Waals surface area contributed by atoms with Gasteiger partial charge in [0.25, 0.3) is 0 Å². The van der Waals surface area contributed by atoms with Crippen molar-refractivity contribution in [3.8, 4) is 0 Å². The molecule has 0 radical (unpaired) electrons. The highest BCUT2D eigenvalue weighted by Gasteiger charge is 2.15. The van der Waals surface area contributed by atoms with Crippen LogP contribution in [0.15, 0.2) is 16.5 Å². The van der Waals surface area contributed by atoms with Gasteiger partial charge in [-0.05, 0) is 19.1 Å². The molecule has 0 saturated heterocycles. The molecule has 0 atom stereocenters. The minimum atomic E-state index is -0.605. The van der Waals surface area contributed by atoms with Crippen LogP contribution in [0.3, 0.4) is 0 Å². The molecule has 5 nitrogen and oxygen atoms in total. The molecule has 2 heterocycles. The van der Waals surface area contributed by atoms with Gasteiger partial charge in [-0.2, -0.15) is 4.98 Å². The van der Waals surface area contributed by atoms with E-state index in [1.54, 1.807) is 19.1 Å². The van der Waals surface area contributed by atoms with Crippen molar-refractivity contribution in [2.24, 2.45) is 0 Å². The number of hydrogen-bond donors (Lipinski definition) is 0. The summed E-state index contributed by atoms with van der Waals surface area (Å²) in [5, 5.41) is 0.297. The molecule has 2 aromatic rings. The van der Waals surface area contributed by atoms with Crippen LogP contribution in [0.4, 0.5) is 0 Å². The van der Waals surface area contributed by atoms with Gasteiger partial charge in [-0.15, -0.1) is 0 Å². The topological polar surface area (TPSA) is 65.2 Å². The van der Waals surface area contributed by atoms with E-state index in [9.17, 15) is 4.79 Å². The van der Waals surface area contributed by atoms with Gasteiger partial charge < -0.3 is 9.15 Å². The van der Waals surface area contributed by atoms with Gasteiger partial charge in [-0.25, -0.2) is 9.78 Å². The number of rotatable bonds is 2. The lowest BCUT2D eigenvalue weighted by Gasteiger charge is -1.93. The average Bonchev–Trinajstić information content (AvgIpc) is 2.60. The van der Waals surface area contributed by atoms with Gasteiger partial charge in [0.1, 0.15) is 5.15 Å². The van der Waals surface area contributed by atoms with E-state index in [1.807, 2.05) is 0 Å². The quantitative estimate of drug-likeness (QED) is 0.579. The Kier molecular flexibility index (Phi) is 2.55. The van der Waals surface area contributed by atoms with E-state index >= 15 is 0 Å². The molecule has 78 valence electrons. The van der Waals surface area contributed by atoms with Crippen molar-refractivity contribution >= 4 is 28.8 Å². The van der Waals surface area contributed by atoms with Crippen LogP contribution in [0.25, 0.3) is 11.2 Å². The molecule has 0 amide bonds. The lowest BCUT2D eigenvalue weighted by atomic mass is 10.5. The first-order valence-corrected chi connectivity index (χ1v) is 4.68. The molecule has 0 aliphatic heterocycles. The number of carbonyl (C=O) groups excluding carboxylic acids is 1. The summed E-state index contributed by atoms with van der Waals surface area (Å²) >= 11 is 5.66. The number of carbonyl (C=O) groups is 1. The van der Waals surface area contributed by atoms with Crippen molar-refractivity contribution < 1.29 is 13.9 Å². The van der Waals surface area contributed by atoms with Crippen molar-refractivity contribution in [1.82, 2.24) is 9.97 Å². The minimum Gasteiger partial charge on any atom is -0.459 e. The maximum absolute atomic E-state index is 11.3. The molecule has 2 aromatic heterocycles. The molecule has 6 heteroatoms. The van der Waals surface area contributed by atoms with Crippen LogP contribution in [0.5, 0.6) is 0 Å². The summed E-state index contributed by atoms with van der Waals surface area (Å²) in [6.45, 7) is 1.97. The number of nitrogens with zero attached hydrogens (tertiary/aromatic N) is 2. The summed E-state index contributed by atoms with van der Waals surface area (Å²) in [6, 6.07) is 3.16. The first-order chi connectivity index (χ1) is 7.20. The number of halogens is 1. The predicted molar refractivity (Wildman–Crippen MR) is 52.8 cm³/mol. The Balaban J connectivity index is 2.42. The van der Waals surface area contributed by atoms with Crippen molar-refractivity contribution in [2.45, 2.75) is 6.92 Å². The predicted octanol–water partition coefficient (Wildman–Crippen LogP) is 2.05. The van der Waals surface area contributed by atoms with Crippen LogP contribution >= 0.6 is 11.6 Å². The maximum atomic E-state index is 11.3. The molecular formula is C9H7ClN2O3. The maximum Gasteiger partial charge on any atom is 0.394 e. The van der Waals surface area contributed by atoms with E-state index < -0.39 is 5.97 Å².